The van der Waals surface area contributed by atoms with E-state index in [-0.39, 0.29) is 0 Å². The van der Waals surface area contributed by atoms with Crippen molar-refractivity contribution in [2.24, 2.45) is 5.92 Å². The van der Waals surface area contributed by atoms with Gasteiger partial charge in [-0.25, -0.2) is 0 Å². The van der Waals surface area contributed by atoms with Crippen molar-refractivity contribution in [1.82, 2.24) is 0 Å². The predicted molar refractivity (Wildman–Crippen MR) is 47.9 cm³/mol. The van der Waals surface area contributed by atoms with E-state index in [0.717, 1.165) is 12.0 Å². The van der Waals surface area contributed by atoms with Crippen LogP contribution in [0.4, 0.5) is 0 Å². The van der Waals surface area contributed by atoms with Gasteiger partial charge in [-0.1, -0.05) is 37.3 Å². The van der Waals surface area contributed by atoms with Crippen LogP contribution in [0.15, 0.2) is 37.0 Å². The van der Waals surface area contributed by atoms with Gasteiger partial charge in [-0.05, 0) is 13.3 Å². The third-order valence-electron chi connectivity index (χ3n) is 1.40. The van der Waals surface area contributed by atoms with Gasteiger partial charge >= 0.3 is 0 Å². The van der Waals surface area contributed by atoms with E-state index in [1.807, 2.05) is 13.0 Å². The van der Waals surface area contributed by atoms with E-state index in [0.29, 0.717) is 5.92 Å². The van der Waals surface area contributed by atoms with Crippen LogP contribution in [0.2, 0.25) is 0 Å². The molecule has 0 spiro atoms. The summed E-state index contributed by atoms with van der Waals surface area (Å²) in [6.45, 7) is 11.7. The highest BCUT2D eigenvalue weighted by Crippen LogP contribution is 2.10. The Hall–Kier alpha value is -0.780. The molecule has 56 valence electrons. The maximum atomic E-state index is 3.86. The van der Waals surface area contributed by atoms with Gasteiger partial charge in [0.05, 0.1) is 0 Å². The first-order chi connectivity index (χ1) is 4.72. The van der Waals surface area contributed by atoms with Crippen molar-refractivity contribution in [3.63, 3.8) is 0 Å². The first-order valence-electron chi connectivity index (χ1n) is 3.67. The molecule has 1 unspecified atom stereocenters. The zero-order chi connectivity index (χ0) is 7.98. The smallest absolute Gasteiger partial charge is 0.0149 e. The van der Waals surface area contributed by atoms with E-state index in [4.69, 9.17) is 0 Å². The second kappa shape index (κ2) is 5.04. The molecule has 0 fully saturated rings. The van der Waals surface area contributed by atoms with Crippen molar-refractivity contribution in [2.45, 2.75) is 20.3 Å². The SMILES string of the molecule is C=CC(C=CCC)C(=C)C. The Labute approximate surface area is 64.0 Å². The minimum absolute atomic E-state index is 0.361. The summed E-state index contributed by atoms with van der Waals surface area (Å²) in [6.07, 6.45) is 7.27. The summed E-state index contributed by atoms with van der Waals surface area (Å²) in [5, 5.41) is 0. The van der Waals surface area contributed by atoms with Gasteiger partial charge in [-0.15, -0.1) is 6.58 Å². The molecule has 0 heterocycles. The lowest BCUT2D eigenvalue weighted by Gasteiger charge is -2.04. The first-order valence-corrected chi connectivity index (χ1v) is 3.67. The fourth-order valence-corrected chi connectivity index (χ4v) is 0.727. The third-order valence-corrected chi connectivity index (χ3v) is 1.40. The number of allylic oxidation sites excluding steroid dienone is 4. The van der Waals surface area contributed by atoms with E-state index >= 15 is 0 Å². The van der Waals surface area contributed by atoms with E-state index in [2.05, 4.69) is 32.2 Å². The molecule has 0 aromatic carbocycles. The number of rotatable bonds is 4. The molecule has 10 heavy (non-hydrogen) atoms. The zero-order valence-corrected chi connectivity index (χ0v) is 6.93. The second-order valence-corrected chi connectivity index (χ2v) is 2.44. The molecular formula is C10H16. The number of hydrogen-bond donors (Lipinski definition) is 0. The molecule has 0 nitrogen and oxygen atoms in total. The van der Waals surface area contributed by atoms with Crippen molar-refractivity contribution < 1.29 is 0 Å². The minimum atomic E-state index is 0.361. The molecule has 0 bridgehead atoms. The Morgan fingerprint density at radius 2 is 2.20 bits per heavy atom. The van der Waals surface area contributed by atoms with Gasteiger partial charge in [0.2, 0.25) is 0 Å². The Bertz CT molecular complexity index is 140. The van der Waals surface area contributed by atoms with Crippen LogP contribution in [0, 0.1) is 5.92 Å². The minimum Gasteiger partial charge on any atom is -0.102 e. The van der Waals surface area contributed by atoms with Crippen LogP contribution in [0.3, 0.4) is 0 Å². The highest BCUT2D eigenvalue weighted by molar-refractivity contribution is 5.13. The van der Waals surface area contributed by atoms with Gasteiger partial charge in [-0.3, -0.25) is 0 Å². The molecule has 0 radical (unpaired) electrons. The van der Waals surface area contributed by atoms with Gasteiger partial charge in [0.15, 0.2) is 0 Å². The molecule has 0 aromatic rings. The highest BCUT2D eigenvalue weighted by atomic mass is 14.0. The molecule has 0 rings (SSSR count). The summed E-state index contributed by atoms with van der Waals surface area (Å²) < 4.78 is 0. The Morgan fingerprint density at radius 1 is 1.60 bits per heavy atom. The quantitative estimate of drug-likeness (QED) is 0.520. The summed E-state index contributed by atoms with van der Waals surface area (Å²) in [6, 6.07) is 0. The largest absolute Gasteiger partial charge is 0.102 e. The van der Waals surface area contributed by atoms with Gasteiger partial charge in [0, 0.05) is 5.92 Å². The van der Waals surface area contributed by atoms with Gasteiger partial charge in [-0.2, -0.15) is 0 Å². The molecule has 0 aliphatic heterocycles. The van der Waals surface area contributed by atoms with Crippen LogP contribution in [-0.4, -0.2) is 0 Å². The Balaban J connectivity index is 3.95. The normalized spacial score (nSPS) is 13.4. The average molecular weight is 136 g/mol. The molecule has 0 aliphatic carbocycles. The fraction of sp³-hybridized carbons (Fsp3) is 0.400. The van der Waals surface area contributed by atoms with Crippen molar-refractivity contribution in [2.75, 3.05) is 0 Å². The molecular weight excluding hydrogens is 120 g/mol. The lowest BCUT2D eigenvalue weighted by molar-refractivity contribution is 0.966. The van der Waals surface area contributed by atoms with E-state index < -0.39 is 0 Å². The Morgan fingerprint density at radius 3 is 2.50 bits per heavy atom. The lowest BCUT2D eigenvalue weighted by Crippen LogP contribution is -1.90. The molecule has 0 saturated carbocycles. The van der Waals surface area contributed by atoms with Crippen LogP contribution in [0.5, 0.6) is 0 Å². The van der Waals surface area contributed by atoms with Crippen LogP contribution >= 0.6 is 0 Å². The molecule has 0 heteroatoms. The molecule has 0 aliphatic rings. The molecule has 0 N–H and O–H groups in total. The fourth-order valence-electron chi connectivity index (χ4n) is 0.727. The first kappa shape index (κ1) is 9.22. The van der Waals surface area contributed by atoms with Crippen molar-refractivity contribution in [3.8, 4) is 0 Å². The molecule has 1 atom stereocenters. The molecule has 0 amide bonds. The number of hydrogen-bond acceptors (Lipinski definition) is 0. The van der Waals surface area contributed by atoms with Crippen LogP contribution in [0.25, 0.3) is 0 Å². The van der Waals surface area contributed by atoms with Crippen molar-refractivity contribution >= 4 is 0 Å². The average Bonchev–Trinajstić information content (AvgIpc) is 1.89. The predicted octanol–water partition coefficient (Wildman–Crippen LogP) is 3.33. The van der Waals surface area contributed by atoms with Gasteiger partial charge < -0.3 is 0 Å². The van der Waals surface area contributed by atoms with Crippen molar-refractivity contribution in [1.29, 1.82) is 0 Å². The summed E-state index contributed by atoms with van der Waals surface area (Å²) >= 11 is 0. The topological polar surface area (TPSA) is 0 Å². The zero-order valence-electron chi connectivity index (χ0n) is 6.93. The van der Waals surface area contributed by atoms with Crippen LogP contribution in [-0.2, 0) is 0 Å². The maximum absolute atomic E-state index is 3.86. The third kappa shape index (κ3) is 3.29. The second-order valence-electron chi connectivity index (χ2n) is 2.44. The van der Waals surface area contributed by atoms with E-state index in [1.165, 1.54) is 0 Å². The standard InChI is InChI=1S/C10H16/c1-5-7-8-10(6-2)9(3)4/h6-8,10H,2-3,5H2,1,4H3. The Kier molecular flexibility index (Phi) is 4.65. The highest BCUT2D eigenvalue weighted by Gasteiger charge is 1.96. The maximum Gasteiger partial charge on any atom is 0.0149 e. The summed E-state index contributed by atoms with van der Waals surface area (Å²) in [5.74, 6) is 0.361. The van der Waals surface area contributed by atoms with Gasteiger partial charge in [0.1, 0.15) is 0 Å². The van der Waals surface area contributed by atoms with Crippen molar-refractivity contribution in [3.05, 3.63) is 37.0 Å². The summed E-state index contributed by atoms with van der Waals surface area (Å²) in [4.78, 5) is 0. The summed E-state index contributed by atoms with van der Waals surface area (Å²) in [7, 11) is 0. The van der Waals surface area contributed by atoms with Crippen LogP contribution in [0.1, 0.15) is 20.3 Å². The van der Waals surface area contributed by atoms with E-state index in [9.17, 15) is 0 Å². The lowest BCUT2D eigenvalue weighted by atomic mass is 10.0. The molecule has 0 aromatic heterocycles. The van der Waals surface area contributed by atoms with Gasteiger partial charge in [0.25, 0.3) is 0 Å². The monoisotopic (exact) mass is 136 g/mol. The summed E-state index contributed by atoms with van der Waals surface area (Å²) in [5.41, 5.74) is 1.15. The molecule has 0 saturated heterocycles. The van der Waals surface area contributed by atoms with E-state index in [1.54, 1.807) is 0 Å². The van der Waals surface area contributed by atoms with Crippen LogP contribution < -0.4 is 0 Å².